The van der Waals surface area contributed by atoms with E-state index < -0.39 is 5.97 Å². The van der Waals surface area contributed by atoms with Gasteiger partial charge in [0.15, 0.2) is 0 Å². The Morgan fingerprint density at radius 3 is 2.80 bits per heavy atom. The molecule has 0 N–H and O–H groups in total. The lowest BCUT2D eigenvalue weighted by molar-refractivity contribution is -0.131. The number of rotatable bonds is 3. The van der Waals surface area contributed by atoms with Crippen LogP contribution in [-0.2, 0) is 11.2 Å². The summed E-state index contributed by atoms with van der Waals surface area (Å²) in [5.41, 5.74) is 4.77. The van der Waals surface area contributed by atoms with E-state index in [2.05, 4.69) is 18.2 Å². The molecule has 0 amide bonds. The van der Waals surface area contributed by atoms with Gasteiger partial charge in [0.05, 0.1) is 0 Å². The maximum atomic E-state index is 11.3. The van der Waals surface area contributed by atoms with Crippen molar-refractivity contribution < 1.29 is 14.3 Å². The second-order valence-electron chi connectivity index (χ2n) is 6.17. The molecule has 0 fully saturated rings. The van der Waals surface area contributed by atoms with Gasteiger partial charge in [-0.15, -0.1) is 11.6 Å². The molecule has 1 aliphatic carbocycles. The van der Waals surface area contributed by atoms with Crippen molar-refractivity contribution in [2.24, 2.45) is 0 Å². The van der Waals surface area contributed by atoms with Gasteiger partial charge in [-0.25, -0.2) is 0 Å². The fourth-order valence-corrected chi connectivity index (χ4v) is 3.34. The van der Waals surface area contributed by atoms with Gasteiger partial charge >= 0.3 is 5.97 Å². The molecule has 4 rings (SSSR count). The predicted molar refractivity (Wildman–Crippen MR) is 97.8 cm³/mol. The zero-order chi connectivity index (χ0) is 17.2. The molecule has 0 aromatic heterocycles. The first-order valence-corrected chi connectivity index (χ1v) is 8.82. The Morgan fingerprint density at radius 1 is 1.16 bits per heavy atom. The average molecular weight is 353 g/mol. The number of carbonyl (C=O) groups is 1. The molecule has 0 spiro atoms. The van der Waals surface area contributed by atoms with Crippen LogP contribution in [0.4, 0.5) is 0 Å². The van der Waals surface area contributed by atoms with Crippen molar-refractivity contribution in [3.05, 3.63) is 76.6 Å². The lowest BCUT2D eigenvalue weighted by Gasteiger charge is -2.20. The molecular formula is C21H17ClO3. The summed E-state index contributed by atoms with van der Waals surface area (Å²) in [5, 5.41) is 0. The highest BCUT2D eigenvalue weighted by atomic mass is 35.5. The summed E-state index contributed by atoms with van der Waals surface area (Å²) >= 11 is 5.49. The highest BCUT2D eigenvalue weighted by molar-refractivity contribution is 6.26. The van der Waals surface area contributed by atoms with Crippen LogP contribution in [0.5, 0.6) is 11.5 Å². The molecule has 126 valence electrons. The zero-order valence-electron chi connectivity index (χ0n) is 13.6. The van der Waals surface area contributed by atoms with Crippen LogP contribution in [0.1, 0.15) is 24.0 Å². The molecule has 3 nitrogen and oxygen atoms in total. The van der Waals surface area contributed by atoms with Gasteiger partial charge in [-0.2, -0.15) is 0 Å². The molecule has 0 saturated carbocycles. The van der Waals surface area contributed by atoms with Crippen molar-refractivity contribution in [1.29, 1.82) is 0 Å². The van der Waals surface area contributed by atoms with Crippen LogP contribution in [0.3, 0.4) is 0 Å². The molecular weight excluding hydrogens is 336 g/mol. The molecule has 2 aromatic rings. The molecule has 4 heteroatoms. The number of esters is 1. The Balaban J connectivity index is 1.59. The molecule has 0 atom stereocenters. The molecule has 0 radical (unpaired) electrons. The fourth-order valence-electron chi connectivity index (χ4n) is 3.29. The summed E-state index contributed by atoms with van der Waals surface area (Å²) in [4.78, 5) is 11.3. The van der Waals surface area contributed by atoms with Crippen molar-refractivity contribution in [1.82, 2.24) is 0 Å². The van der Waals surface area contributed by atoms with Crippen LogP contribution < -0.4 is 9.47 Å². The van der Waals surface area contributed by atoms with Gasteiger partial charge in [0, 0.05) is 12.0 Å². The highest BCUT2D eigenvalue weighted by Crippen LogP contribution is 2.42. The minimum Gasteiger partial charge on any atom is -0.457 e. The monoisotopic (exact) mass is 352 g/mol. The van der Waals surface area contributed by atoms with Gasteiger partial charge in [0.2, 0.25) is 0 Å². The quantitative estimate of drug-likeness (QED) is 0.448. The molecule has 2 aliphatic rings. The first-order valence-electron chi connectivity index (χ1n) is 8.28. The van der Waals surface area contributed by atoms with E-state index in [1.165, 1.54) is 16.7 Å². The third kappa shape index (κ3) is 3.33. The Labute approximate surface area is 151 Å². The van der Waals surface area contributed by atoms with Crippen molar-refractivity contribution in [3.63, 3.8) is 0 Å². The van der Waals surface area contributed by atoms with Gasteiger partial charge in [-0.3, -0.25) is 4.79 Å². The summed E-state index contributed by atoms with van der Waals surface area (Å²) in [5.74, 6) is 1.73. The van der Waals surface area contributed by atoms with Crippen LogP contribution in [0.15, 0.2) is 65.4 Å². The standard InChI is InChI=1S/C21H17ClO3/c22-13-20(23)24-18-8-9-19-17(12-18)11-16-7-6-15(21(16)25-19)10-14-4-2-1-3-5-14/h1-5,8-10,12H,6-7,11,13H2. The van der Waals surface area contributed by atoms with Gasteiger partial charge in [0.25, 0.3) is 0 Å². The summed E-state index contributed by atoms with van der Waals surface area (Å²) in [6.07, 6.45) is 5.01. The number of allylic oxidation sites excluding steroid dienone is 2. The number of fused-ring (bicyclic) bond motifs is 1. The first kappa shape index (κ1) is 16.0. The first-order chi connectivity index (χ1) is 12.2. The number of hydrogen-bond acceptors (Lipinski definition) is 3. The second kappa shape index (κ2) is 6.77. The predicted octanol–water partition coefficient (Wildman–Crippen LogP) is 4.90. The van der Waals surface area contributed by atoms with E-state index in [9.17, 15) is 4.79 Å². The van der Waals surface area contributed by atoms with Gasteiger partial charge in [-0.05, 0) is 53.8 Å². The molecule has 1 aliphatic heterocycles. The fraction of sp³-hybridized carbons (Fsp3) is 0.190. The zero-order valence-corrected chi connectivity index (χ0v) is 14.4. The summed E-state index contributed by atoms with van der Waals surface area (Å²) < 4.78 is 11.4. The molecule has 0 bridgehead atoms. The van der Waals surface area contributed by atoms with E-state index in [-0.39, 0.29) is 5.88 Å². The SMILES string of the molecule is O=C(CCl)Oc1ccc2c(c1)CC1=C(O2)C(=Cc2ccccc2)CC1. The maximum absolute atomic E-state index is 11.3. The van der Waals surface area contributed by atoms with E-state index in [1.54, 1.807) is 6.07 Å². The molecule has 1 heterocycles. The van der Waals surface area contributed by atoms with E-state index >= 15 is 0 Å². The number of ether oxygens (including phenoxy) is 2. The van der Waals surface area contributed by atoms with Gasteiger partial charge in [-0.1, -0.05) is 30.3 Å². The maximum Gasteiger partial charge on any atom is 0.326 e. The molecule has 25 heavy (non-hydrogen) atoms. The van der Waals surface area contributed by atoms with Crippen molar-refractivity contribution in [3.8, 4) is 11.5 Å². The van der Waals surface area contributed by atoms with Crippen molar-refractivity contribution in [2.75, 3.05) is 5.88 Å². The van der Waals surface area contributed by atoms with Crippen molar-refractivity contribution >= 4 is 23.6 Å². The number of carbonyl (C=O) groups excluding carboxylic acids is 1. The van der Waals surface area contributed by atoms with E-state index in [0.29, 0.717) is 5.75 Å². The van der Waals surface area contributed by atoms with Crippen LogP contribution in [0.2, 0.25) is 0 Å². The van der Waals surface area contributed by atoms with Crippen LogP contribution in [0, 0.1) is 0 Å². The lowest BCUT2D eigenvalue weighted by Crippen LogP contribution is -2.11. The molecule has 0 saturated heterocycles. The average Bonchev–Trinajstić information content (AvgIpc) is 3.02. The minimum absolute atomic E-state index is 0.156. The Bertz CT molecular complexity index is 881. The third-order valence-corrected chi connectivity index (χ3v) is 4.66. The molecule has 0 unspecified atom stereocenters. The van der Waals surface area contributed by atoms with E-state index in [0.717, 1.165) is 36.3 Å². The number of benzene rings is 2. The smallest absolute Gasteiger partial charge is 0.326 e. The normalized spacial score (nSPS) is 17.1. The Kier molecular flexibility index (Phi) is 4.33. The van der Waals surface area contributed by atoms with E-state index in [4.69, 9.17) is 21.1 Å². The van der Waals surface area contributed by atoms with Gasteiger partial charge < -0.3 is 9.47 Å². The Hall–Kier alpha value is -2.52. The summed E-state index contributed by atoms with van der Waals surface area (Å²) in [7, 11) is 0. The lowest BCUT2D eigenvalue weighted by atomic mass is 10.0. The highest BCUT2D eigenvalue weighted by Gasteiger charge is 2.27. The third-order valence-electron chi connectivity index (χ3n) is 4.44. The van der Waals surface area contributed by atoms with Crippen LogP contribution in [0.25, 0.3) is 6.08 Å². The summed E-state index contributed by atoms with van der Waals surface area (Å²) in [6.45, 7) is 0. The van der Waals surface area contributed by atoms with Crippen LogP contribution >= 0.6 is 11.6 Å². The Morgan fingerprint density at radius 2 is 2.00 bits per heavy atom. The summed E-state index contributed by atoms with van der Waals surface area (Å²) in [6, 6.07) is 15.7. The van der Waals surface area contributed by atoms with E-state index in [1.807, 2.05) is 30.3 Å². The largest absolute Gasteiger partial charge is 0.457 e. The van der Waals surface area contributed by atoms with Crippen LogP contribution in [-0.4, -0.2) is 11.8 Å². The number of alkyl halides is 1. The van der Waals surface area contributed by atoms with Gasteiger partial charge in [0.1, 0.15) is 23.1 Å². The molecule has 2 aromatic carbocycles. The van der Waals surface area contributed by atoms with Crippen molar-refractivity contribution in [2.45, 2.75) is 19.3 Å². The second-order valence-corrected chi connectivity index (χ2v) is 6.44. The number of halogens is 1. The number of hydrogen-bond donors (Lipinski definition) is 0. The minimum atomic E-state index is -0.452. The topological polar surface area (TPSA) is 35.5 Å².